The third kappa shape index (κ3) is 3.38. The molecule has 1 aliphatic rings. The van der Waals surface area contributed by atoms with Gasteiger partial charge in [-0.15, -0.1) is 0 Å². The molecular formula is C15H18INO. The molecule has 1 aromatic rings. The number of benzene rings is 1. The van der Waals surface area contributed by atoms with Crippen molar-refractivity contribution >= 4 is 22.6 Å². The second-order valence-corrected chi connectivity index (χ2v) is 6.18. The van der Waals surface area contributed by atoms with Gasteiger partial charge in [0, 0.05) is 3.57 Å². The molecule has 0 amide bonds. The van der Waals surface area contributed by atoms with Crippen LogP contribution in [0, 0.1) is 26.7 Å². The largest absolute Gasteiger partial charge is 0.489 e. The van der Waals surface area contributed by atoms with Crippen molar-refractivity contribution in [3.05, 3.63) is 27.8 Å². The highest BCUT2D eigenvalue weighted by atomic mass is 127. The summed E-state index contributed by atoms with van der Waals surface area (Å²) in [5.74, 6) is 1.65. The smallest absolute Gasteiger partial charge is 0.120 e. The van der Waals surface area contributed by atoms with E-state index in [0.717, 1.165) is 18.6 Å². The van der Waals surface area contributed by atoms with Gasteiger partial charge in [-0.05, 0) is 66.0 Å². The van der Waals surface area contributed by atoms with Gasteiger partial charge in [-0.25, -0.2) is 0 Å². The number of hydrogen-bond acceptors (Lipinski definition) is 2. The number of ether oxygens (including phenoxy) is 1. The number of halogens is 1. The molecule has 2 rings (SSSR count). The van der Waals surface area contributed by atoms with Crippen molar-refractivity contribution in [1.82, 2.24) is 0 Å². The van der Waals surface area contributed by atoms with Gasteiger partial charge in [0.05, 0.1) is 12.0 Å². The molecule has 0 saturated heterocycles. The molecule has 96 valence electrons. The molecule has 0 bridgehead atoms. The summed E-state index contributed by atoms with van der Waals surface area (Å²) >= 11 is 2.28. The van der Waals surface area contributed by atoms with E-state index in [1.165, 1.54) is 16.4 Å². The van der Waals surface area contributed by atoms with Gasteiger partial charge in [-0.3, -0.25) is 0 Å². The number of nitriles is 1. The SMILES string of the molecule is CCC1CCC(C#N)C(Oc2cccc(I)c2)C1. The zero-order valence-corrected chi connectivity index (χ0v) is 12.8. The lowest BCUT2D eigenvalue weighted by Crippen LogP contribution is -2.33. The molecule has 1 aromatic carbocycles. The molecule has 2 nitrogen and oxygen atoms in total. The Morgan fingerprint density at radius 1 is 1.44 bits per heavy atom. The summed E-state index contributed by atoms with van der Waals surface area (Å²) < 4.78 is 7.21. The van der Waals surface area contributed by atoms with Gasteiger partial charge < -0.3 is 4.74 Å². The summed E-state index contributed by atoms with van der Waals surface area (Å²) in [6.07, 6.45) is 4.40. The summed E-state index contributed by atoms with van der Waals surface area (Å²) in [4.78, 5) is 0. The molecule has 0 spiro atoms. The molecule has 3 unspecified atom stereocenters. The average molecular weight is 355 g/mol. The highest BCUT2D eigenvalue weighted by Crippen LogP contribution is 2.33. The fourth-order valence-corrected chi connectivity index (χ4v) is 3.09. The van der Waals surface area contributed by atoms with Gasteiger partial charge >= 0.3 is 0 Å². The van der Waals surface area contributed by atoms with Gasteiger partial charge in [0.15, 0.2) is 0 Å². The van der Waals surface area contributed by atoms with E-state index in [1.54, 1.807) is 0 Å². The molecule has 1 aliphatic carbocycles. The number of nitrogens with zero attached hydrogens (tertiary/aromatic N) is 1. The summed E-state index contributed by atoms with van der Waals surface area (Å²) in [7, 11) is 0. The molecule has 3 atom stereocenters. The maximum absolute atomic E-state index is 9.22. The van der Waals surface area contributed by atoms with E-state index in [4.69, 9.17) is 4.74 Å². The number of rotatable bonds is 3. The Bertz CT molecular complexity index is 440. The Kier molecular flexibility index (Phi) is 4.87. The van der Waals surface area contributed by atoms with E-state index in [0.29, 0.717) is 5.92 Å². The first-order valence-electron chi connectivity index (χ1n) is 6.54. The lowest BCUT2D eigenvalue weighted by molar-refractivity contribution is 0.0892. The lowest BCUT2D eigenvalue weighted by atomic mass is 9.79. The first kappa shape index (κ1) is 13.7. The second-order valence-electron chi connectivity index (χ2n) is 4.94. The fraction of sp³-hybridized carbons (Fsp3) is 0.533. The van der Waals surface area contributed by atoms with Crippen LogP contribution in [0.1, 0.15) is 32.6 Å². The third-order valence-corrected chi connectivity index (χ3v) is 4.40. The Morgan fingerprint density at radius 3 is 2.94 bits per heavy atom. The van der Waals surface area contributed by atoms with Crippen LogP contribution in [0.25, 0.3) is 0 Å². The maximum Gasteiger partial charge on any atom is 0.120 e. The van der Waals surface area contributed by atoms with Crippen molar-refractivity contribution in [2.24, 2.45) is 11.8 Å². The normalized spacial score (nSPS) is 27.5. The van der Waals surface area contributed by atoms with Crippen molar-refractivity contribution in [3.8, 4) is 11.8 Å². The molecule has 0 aliphatic heterocycles. The van der Waals surface area contributed by atoms with Crippen LogP contribution in [0.3, 0.4) is 0 Å². The predicted octanol–water partition coefficient (Wildman–Crippen LogP) is 4.39. The average Bonchev–Trinajstić information content (AvgIpc) is 2.38. The van der Waals surface area contributed by atoms with E-state index in [9.17, 15) is 5.26 Å². The van der Waals surface area contributed by atoms with Gasteiger partial charge in [0.2, 0.25) is 0 Å². The fourth-order valence-electron chi connectivity index (χ4n) is 2.58. The predicted molar refractivity (Wildman–Crippen MR) is 80.3 cm³/mol. The third-order valence-electron chi connectivity index (χ3n) is 3.73. The summed E-state index contributed by atoms with van der Waals surface area (Å²) in [5, 5.41) is 9.22. The van der Waals surface area contributed by atoms with E-state index < -0.39 is 0 Å². The van der Waals surface area contributed by atoms with E-state index in [2.05, 4.69) is 35.6 Å². The molecule has 1 saturated carbocycles. The van der Waals surface area contributed by atoms with Crippen molar-refractivity contribution < 1.29 is 4.74 Å². The van der Waals surface area contributed by atoms with Gasteiger partial charge in [-0.1, -0.05) is 19.4 Å². The van der Waals surface area contributed by atoms with Crippen LogP contribution < -0.4 is 4.74 Å². The molecular weight excluding hydrogens is 337 g/mol. The Balaban J connectivity index is 2.07. The van der Waals surface area contributed by atoms with Gasteiger partial charge in [-0.2, -0.15) is 5.26 Å². The van der Waals surface area contributed by atoms with Crippen molar-refractivity contribution in [3.63, 3.8) is 0 Å². The monoisotopic (exact) mass is 355 g/mol. The van der Waals surface area contributed by atoms with Crippen molar-refractivity contribution in [1.29, 1.82) is 5.26 Å². The summed E-state index contributed by atoms with van der Waals surface area (Å²) in [5.41, 5.74) is 0. The summed E-state index contributed by atoms with van der Waals surface area (Å²) in [6, 6.07) is 10.5. The van der Waals surface area contributed by atoms with Crippen molar-refractivity contribution in [2.75, 3.05) is 0 Å². The van der Waals surface area contributed by atoms with Crippen LogP contribution >= 0.6 is 22.6 Å². The molecule has 0 aromatic heterocycles. The quantitative estimate of drug-likeness (QED) is 0.754. The first-order chi connectivity index (χ1) is 8.72. The molecule has 1 fully saturated rings. The Morgan fingerprint density at radius 2 is 2.28 bits per heavy atom. The summed E-state index contributed by atoms with van der Waals surface area (Å²) in [6.45, 7) is 2.22. The molecule has 18 heavy (non-hydrogen) atoms. The zero-order valence-electron chi connectivity index (χ0n) is 10.6. The van der Waals surface area contributed by atoms with Crippen LogP contribution in [0.15, 0.2) is 24.3 Å². The zero-order chi connectivity index (χ0) is 13.0. The van der Waals surface area contributed by atoms with Crippen LogP contribution in [0.4, 0.5) is 0 Å². The Hall–Kier alpha value is -0.760. The minimum Gasteiger partial charge on any atom is -0.489 e. The van der Waals surface area contributed by atoms with Crippen LogP contribution in [0.2, 0.25) is 0 Å². The lowest BCUT2D eigenvalue weighted by Gasteiger charge is -2.32. The van der Waals surface area contributed by atoms with Crippen LogP contribution in [0.5, 0.6) is 5.75 Å². The maximum atomic E-state index is 9.22. The van der Waals surface area contributed by atoms with E-state index in [-0.39, 0.29) is 12.0 Å². The topological polar surface area (TPSA) is 33.0 Å². The van der Waals surface area contributed by atoms with Gasteiger partial charge in [0.25, 0.3) is 0 Å². The van der Waals surface area contributed by atoms with E-state index in [1.807, 2.05) is 24.3 Å². The minimum absolute atomic E-state index is 0.0469. The number of hydrogen-bond donors (Lipinski definition) is 0. The molecule has 0 heterocycles. The Labute approximate surface area is 122 Å². The van der Waals surface area contributed by atoms with Crippen molar-refractivity contribution in [2.45, 2.75) is 38.7 Å². The highest BCUT2D eigenvalue weighted by molar-refractivity contribution is 14.1. The molecule has 0 radical (unpaired) electrons. The highest BCUT2D eigenvalue weighted by Gasteiger charge is 2.31. The second kappa shape index (κ2) is 6.42. The van der Waals surface area contributed by atoms with Gasteiger partial charge in [0.1, 0.15) is 11.9 Å². The van der Waals surface area contributed by atoms with E-state index >= 15 is 0 Å². The molecule has 0 N–H and O–H groups in total. The molecule has 3 heteroatoms. The first-order valence-corrected chi connectivity index (χ1v) is 7.62. The van der Waals surface area contributed by atoms with Crippen LogP contribution in [-0.2, 0) is 0 Å². The standard InChI is InChI=1S/C15H18INO/c1-2-11-6-7-12(10-17)15(8-11)18-14-5-3-4-13(16)9-14/h3-5,9,11-12,15H,2,6-8H2,1H3. The minimum atomic E-state index is 0.0469. The van der Waals surface area contributed by atoms with Crippen LogP contribution in [-0.4, -0.2) is 6.10 Å².